The van der Waals surface area contributed by atoms with E-state index in [0.29, 0.717) is 6.42 Å². The van der Waals surface area contributed by atoms with Gasteiger partial charge >= 0.3 is 29.6 Å². The third kappa shape index (κ3) is 3.09. The Kier molecular flexibility index (Phi) is 4.02. The molecule has 1 aliphatic rings. The van der Waals surface area contributed by atoms with Crippen molar-refractivity contribution in [2.45, 2.75) is 18.1 Å². The van der Waals surface area contributed by atoms with E-state index in [1.54, 1.807) is 0 Å². The van der Waals surface area contributed by atoms with E-state index in [9.17, 15) is 8.42 Å². The molecule has 0 heterocycles. The molecule has 1 N–H and O–H groups in total. The fourth-order valence-electron chi connectivity index (χ4n) is 0.917. The molecular formula is C5H8NNaO3S. The molecule has 0 aromatic rings. The average Bonchev–Trinajstić information content (AvgIpc) is 2.44. The van der Waals surface area contributed by atoms with Crippen LogP contribution in [0.5, 0.6) is 0 Å². The van der Waals surface area contributed by atoms with Gasteiger partial charge < -0.3 is 0 Å². The van der Waals surface area contributed by atoms with E-state index in [4.69, 9.17) is 9.81 Å². The molecule has 0 aromatic heterocycles. The van der Waals surface area contributed by atoms with Gasteiger partial charge in [-0.3, -0.25) is 4.55 Å². The molecule has 2 unspecified atom stereocenters. The molecule has 1 saturated carbocycles. The maximum absolute atomic E-state index is 10.3. The van der Waals surface area contributed by atoms with E-state index in [2.05, 4.69) is 0 Å². The molecule has 1 aliphatic carbocycles. The van der Waals surface area contributed by atoms with E-state index < -0.39 is 15.4 Å². The molecule has 0 amide bonds. The topological polar surface area (TPSA) is 78.2 Å². The Morgan fingerprint density at radius 2 is 2.18 bits per heavy atom. The van der Waals surface area contributed by atoms with Crippen LogP contribution in [-0.2, 0) is 10.1 Å². The van der Waals surface area contributed by atoms with Crippen molar-refractivity contribution in [3.05, 3.63) is 0 Å². The van der Waals surface area contributed by atoms with Crippen LogP contribution in [-0.4, -0.2) is 47.8 Å². The first-order chi connectivity index (χ1) is 4.55. The van der Waals surface area contributed by atoms with Crippen LogP contribution in [0.25, 0.3) is 0 Å². The van der Waals surface area contributed by atoms with Crippen molar-refractivity contribution in [3.8, 4) is 6.07 Å². The Morgan fingerprint density at radius 1 is 1.64 bits per heavy atom. The fourth-order valence-corrected chi connectivity index (χ4v) is 1.99. The number of rotatable bonds is 2. The zero-order valence-electron chi connectivity index (χ0n) is 5.19. The van der Waals surface area contributed by atoms with Crippen molar-refractivity contribution in [1.82, 2.24) is 0 Å². The maximum atomic E-state index is 10.3. The number of nitrogens with zero attached hydrogens (tertiary/aromatic N) is 1. The van der Waals surface area contributed by atoms with Crippen molar-refractivity contribution in [2.24, 2.45) is 5.92 Å². The number of hydrogen-bond acceptors (Lipinski definition) is 3. The van der Waals surface area contributed by atoms with Crippen LogP contribution >= 0.6 is 0 Å². The Bertz CT molecular complexity index is 268. The summed E-state index contributed by atoms with van der Waals surface area (Å²) in [4.78, 5) is 0. The second kappa shape index (κ2) is 3.87. The molecule has 0 radical (unpaired) electrons. The first-order valence-corrected chi connectivity index (χ1v) is 4.39. The summed E-state index contributed by atoms with van der Waals surface area (Å²) in [5.74, 6) is -0.125. The normalized spacial score (nSPS) is 28.4. The van der Waals surface area contributed by atoms with Gasteiger partial charge in [0.15, 0.2) is 0 Å². The second-order valence-electron chi connectivity index (χ2n) is 2.41. The van der Waals surface area contributed by atoms with E-state index in [-0.39, 0.29) is 41.9 Å². The molecule has 58 valence electrons. The molecule has 11 heavy (non-hydrogen) atoms. The molecule has 0 aliphatic heterocycles. The third-order valence-corrected chi connectivity index (χ3v) is 2.94. The average molecular weight is 185 g/mol. The molecule has 0 bridgehead atoms. The van der Waals surface area contributed by atoms with Gasteiger partial charge in [-0.25, -0.2) is 0 Å². The molecule has 4 nitrogen and oxygen atoms in total. The van der Waals surface area contributed by atoms with Crippen LogP contribution in [0.15, 0.2) is 0 Å². The van der Waals surface area contributed by atoms with Crippen LogP contribution in [0, 0.1) is 17.2 Å². The summed E-state index contributed by atoms with van der Waals surface area (Å²) < 4.78 is 29.1. The van der Waals surface area contributed by atoms with Gasteiger partial charge in [0.1, 0.15) is 0 Å². The molecular weight excluding hydrogens is 177 g/mol. The van der Waals surface area contributed by atoms with Crippen LogP contribution in [0.2, 0.25) is 0 Å². The minimum atomic E-state index is -3.85. The quantitative estimate of drug-likeness (QED) is 0.466. The van der Waals surface area contributed by atoms with Crippen molar-refractivity contribution in [2.75, 3.05) is 0 Å². The molecule has 0 spiro atoms. The molecule has 1 fully saturated rings. The molecule has 0 aromatic carbocycles. The first-order valence-electron chi connectivity index (χ1n) is 2.89. The summed E-state index contributed by atoms with van der Waals surface area (Å²) in [6.07, 6.45) is 0.664. The summed E-state index contributed by atoms with van der Waals surface area (Å²) in [6.45, 7) is 0. The summed E-state index contributed by atoms with van der Waals surface area (Å²) in [5, 5.41) is 7.47. The van der Waals surface area contributed by atoms with Crippen molar-refractivity contribution >= 4 is 39.7 Å². The summed E-state index contributed by atoms with van der Waals surface area (Å²) >= 11 is 0. The van der Waals surface area contributed by atoms with Gasteiger partial charge in [0.25, 0.3) is 10.1 Å². The molecule has 6 heteroatoms. The van der Waals surface area contributed by atoms with Crippen molar-refractivity contribution in [1.29, 1.82) is 5.26 Å². The fraction of sp³-hybridized carbons (Fsp3) is 0.800. The van der Waals surface area contributed by atoms with E-state index >= 15 is 0 Å². The Balaban J connectivity index is 0.000001000. The second-order valence-corrected chi connectivity index (χ2v) is 4.05. The van der Waals surface area contributed by atoms with Gasteiger partial charge in [-0.15, -0.1) is 0 Å². The van der Waals surface area contributed by atoms with Crippen LogP contribution in [0.1, 0.15) is 12.8 Å². The standard InChI is InChI=1S/C5H7NO3S.Na.H/c6-2-1-4-3-5(4)10(7,8)9;;/h4-5H,1,3H2,(H,7,8,9);;. The Morgan fingerprint density at radius 3 is 2.45 bits per heavy atom. The predicted octanol–water partition coefficient (Wildman–Crippen LogP) is -0.472. The Labute approximate surface area is 87.6 Å². The third-order valence-electron chi connectivity index (χ3n) is 1.59. The van der Waals surface area contributed by atoms with Gasteiger partial charge in [-0.1, -0.05) is 0 Å². The zero-order valence-corrected chi connectivity index (χ0v) is 6.00. The summed E-state index contributed by atoms with van der Waals surface area (Å²) in [5.41, 5.74) is 0. The summed E-state index contributed by atoms with van der Waals surface area (Å²) in [7, 11) is -3.85. The minimum absolute atomic E-state index is 0. The van der Waals surface area contributed by atoms with Crippen LogP contribution in [0.4, 0.5) is 0 Å². The van der Waals surface area contributed by atoms with Gasteiger partial charge in [0, 0.05) is 6.42 Å². The SMILES string of the molecule is N#CCC1CC1S(=O)(=O)O.[NaH]. The van der Waals surface area contributed by atoms with E-state index in [1.807, 2.05) is 6.07 Å². The van der Waals surface area contributed by atoms with Crippen LogP contribution < -0.4 is 0 Å². The molecule has 2 atom stereocenters. The van der Waals surface area contributed by atoms with Gasteiger partial charge in [0.2, 0.25) is 0 Å². The van der Waals surface area contributed by atoms with Gasteiger partial charge in [-0.2, -0.15) is 13.7 Å². The molecule has 1 rings (SSSR count). The van der Waals surface area contributed by atoms with Gasteiger partial charge in [0.05, 0.1) is 11.3 Å². The zero-order chi connectivity index (χ0) is 7.78. The van der Waals surface area contributed by atoms with Crippen LogP contribution in [0.3, 0.4) is 0 Å². The van der Waals surface area contributed by atoms with E-state index in [1.165, 1.54) is 0 Å². The van der Waals surface area contributed by atoms with Crippen molar-refractivity contribution < 1.29 is 13.0 Å². The monoisotopic (exact) mass is 185 g/mol. The first kappa shape index (κ1) is 11.4. The number of hydrogen-bond donors (Lipinski definition) is 1. The van der Waals surface area contributed by atoms with Crippen molar-refractivity contribution in [3.63, 3.8) is 0 Å². The Hall–Kier alpha value is 0.400. The van der Waals surface area contributed by atoms with Gasteiger partial charge in [-0.05, 0) is 12.3 Å². The predicted molar refractivity (Wildman–Crippen MR) is 40.8 cm³/mol. The van der Waals surface area contributed by atoms with E-state index in [0.717, 1.165) is 0 Å². The number of nitriles is 1. The molecule has 0 saturated heterocycles. The summed E-state index contributed by atoms with van der Waals surface area (Å²) in [6, 6.07) is 1.86.